The summed E-state index contributed by atoms with van der Waals surface area (Å²) in [5.74, 6) is -0.348. The number of carboxylic acid groups (broad SMARTS) is 1. The van der Waals surface area contributed by atoms with Crippen molar-refractivity contribution in [1.82, 2.24) is 25.5 Å². The maximum atomic E-state index is 12.0. The van der Waals surface area contributed by atoms with Crippen molar-refractivity contribution in [3.8, 4) is 22.5 Å². The molecule has 0 aliphatic carbocycles. The number of hydrogen-bond donors (Lipinski definition) is 2. The number of azide groups is 1. The molecule has 3 rings (SSSR count). The molecular formula is C24H30N8O2. The van der Waals surface area contributed by atoms with Gasteiger partial charge in [0.25, 0.3) is 0 Å². The quantitative estimate of drug-likeness (QED) is 0.222. The molecule has 0 aliphatic heterocycles. The first-order valence-corrected chi connectivity index (χ1v) is 11.3. The molecule has 0 radical (unpaired) electrons. The molecular weight excluding hydrogens is 432 g/mol. The zero-order valence-corrected chi connectivity index (χ0v) is 19.7. The first kappa shape index (κ1) is 24.9. The molecule has 178 valence electrons. The molecule has 0 fully saturated rings. The average molecular weight is 463 g/mol. The predicted molar refractivity (Wildman–Crippen MR) is 130 cm³/mol. The summed E-state index contributed by atoms with van der Waals surface area (Å²) in [4.78, 5) is 16.9. The van der Waals surface area contributed by atoms with Gasteiger partial charge in [-0.3, -0.25) is 9.69 Å². The second kappa shape index (κ2) is 11.9. The highest BCUT2D eigenvalue weighted by molar-refractivity contribution is 5.80. The zero-order valence-electron chi connectivity index (χ0n) is 19.7. The van der Waals surface area contributed by atoms with Crippen LogP contribution >= 0.6 is 0 Å². The minimum Gasteiger partial charge on any atom is -0.480 e. The van der Waals surface area contributed by atoms with Crippen molar-refractivity contribution in [2.45, 2.75) is 52.2 Å². The summed E-state index contributed by atoms with van der Waals surface area (Å²) in [5, 5.41) is 27.9. The normalized spacial score (nSPS) is 13.0. The predicted octanol–water partition coefficient (Wildman–Crippen LogP) is 4.92. The third-order valence-corrected chi connectivity index (χ3v) is 5.76. The van der Waals surface area contributed by atoms with Gasteiger partial charge in [-0.25, -0.2) is 0 Å². The van der Waals surface area contributed by atoms with Crippen molar-refractivity contribution >= 4 is 5.97 Å². The van der Waals surface area contributed by atoms with Crippen LogP contribution in [-0.2, 0) is 11.3 Å². The number of benzene rings is 2. The average Bonchev–Trinajstić information content (AvgIpc) is 3.34. The molecule has 0 saturated heterocycles. The molecule has 10 nitrogen and oxygen atoms in total. The summed E-state index contributed by atoms with van der Waals surface area (Å²) in [6, 6.07) is 15.2. The highest BCUT2D eigenvalue weighted by atomic mass is 16.4. The maximum Gasteiger partial charge on any atom is 0.321 e. The van der Waals surface area contributed by atoms with E-state index >= 15 is 0 Å². The highest BCUT2D eigenvalue weighted by Gasteiger charge is 2.28. The van der Waals surface area contributed by atoms with Gasteiger partial charge in [0.2, 0.25) is 5.82 Å². The van der Waals surface area contributed by atoms with Crippen molar-refractivity contribution < 1.29 is 9.90 Å². The van der Waals surface area contributed by atoms with Crippen molar-refractivity contribution in [1.29, 1.82) is 0 Å². The van der Waals surface area contributed by atoms with Crippen molar-refractivity contribution in [3.05, 3.63) is 64.5 Å². The number of carbonyl (C=O) groups is 1. The van der Waals surface area contributed by atoms with Gasteiger partial charge in [0.1, 0.15) is 6.04 Å². The van der Waals surface area contributed by atoms with Gasteiger partial charge in [0.15, 0.2) is 0 Å². The van der Waals surface area contributed by atoms with Gasteiger partial charge in [0, 0.05) is 23.1 Å². The number of rotatable bonds is 12. The SMILES string of the molecule is CC(CCCN(Cc1ccc(-c2ccccc2-c2nn[nH]n2)cc1)[C@H](C(=O)O)C(C)C)N=[N+]=[N-]. The van der Waals surface area contributed by atoms with Crippen LogP contribution in [0.4, 0.5) is 0 Å². The van der Waals surface area contributed by atoms with Crippen LogP contribution < -0.4 is 0 Å². The van der Waals surface area contributed by atoms with E-state index in [2.05, 4.69) is 30.7 Å². The van der Waals surface area contributed by atoms with Crippen LogP contribution in [0.3, 0.4) is 0 Å². The lowest BCUT2D eigenvalue weighted by atomic mass is 9.97. The van der Waals surface area contributed by atoms with E-state index in [0.717, 1.165) is 28.7 Å². The molecule has 0 aliphatic rings. The third-order valence-electron chi connectivity index (χ3n) is 5.76. The second-order valence-electron chi connectivity index (χ2n) is 8.67. The second-order valence-corrected chi connectivity index (χ2v) is 8.67. The van der Waals surface area contributed by atoms with Crippen LogP contribution in [0.25, 0.3) is 33.0 Å². The molecule has 0 amide bonds. The van der Waals surface area contributed by atoms with Gasteiger partial charge in [-0.15, -0.1) is 10.2 Å². The number of aliphatic carboxylic acids is 1. The molecule has 2 aromatic carbocycles. The lowest BCUT2D eigenvalue weighted by Gasteiger charge is -2.31. The van der Waals surface area contributed by atoms with Crippen LogP contribution in [0.15, 0.2) is 53.6 Å². The van der Waals surface area contributed by atoms with Crippen LogP contribution in [-0.4, -0.2) is 55.2 Å². The standard InChI is InChI=1S/C24H30N8O2/c1-16(2)22(24(33)34)32(14-6-7-17(3)26-29-25)15-18-10-12-19(13-11-18)20-8-4-5-9-21(20)23-27-30-31-28-23/h4-5,8-13,16-17,22H,6-7,14-15H2,1-3H3,(H,33,34)(H,27,28,30,31)/t17?,22-/m0/s1. The lowest BCUT2D eigenvalue weighted by molar-refractivity contribution is -0.145. The Morgan fingerprint density at radius 3 is 2.44 bits per heavy atom. The Bertz CT molecular complexity index is 1110. The Morgan fingerprint density at radius 1 is 1.15 bits per heavy atom. The Kier molecular flexibility index (Phi) is 8.73. The van der Waals surface area contributed by atoms with E-state index in [9.17, 15) is 9.90 Å². The number of hydrogen-bond acceptors (Lipinski definition) is 6. The first-order valence-electron chi connectivity index (χ1n) is 11.3. The largest absolute Gasteiger partial charge is 0.480 e. The Morgan fingerprint density at radius 2 is 1.85 bits per heavy atom. The Balaban J connectivity index is 1.79. The summed E-state index contributed by atoms with van der Waals surface area (Å²) in [6.45, 7) is 6.83. The number of H-pyrrole nitrogens is 1. The summed E-state index contributed by atoms with van der Waals surface area (Å²) < 4.78 is 0. The van der Waals surface area contributed by atoms with Gasteiger partial charge in [-0.05, 0) is 52.7 Å². The zero-order chi connectivity index (χ0) is 24.5. The monoisotopic (exact) mass is 462 g/mol. The highest BCUT2D eigenvalue weighted by Crippen LogP contribution is 2.30. The molecule has 1 heterocycles. The summed E-state index contributed by atoms with van der Waals surface area (Å²) in [7, 11) is 0. The lowest BCUT2D eigenvalue weighted by Crippen LogP contribution is -2.44. The van der Waals surface area contributed by atoms with E-state index in [-0.39, 0.29) is 12.0 Å². The number of tetrazole rings is 1. The van der Waals surface area contributed by atoms with Gasteiger partial charge in [-0.1, -0.05) is 74.4 Å². The topological polar surface area (TPSA) is 144 Å². The molecule has 34 heavy (non-hydrogen) atoms. The fourth-order valence-electron chi connectivity index (χ4n) is 4.15. The fraction of sp³-hybridized carbons (Fsp3) is 0.417. The van der Waals surface area contributed by atoms with Crippen LogP contribution in [0, 0.1) is 5.92 Å². The van der Waals surface area contributed by atoms with E-state index < -0.39 is 12.0 Å². The Labute approximate surface area is 198 Å². The molecule has 1 aromatic heterocycles. The molecule has 0 bridgehead atoms. The molecule has 0 spiro atoms. The first-order chi connectivity index (χ1) is 16.4. The van der Waals surface area contributed by atoms with Crippen LogP contribution in [0.1, 0.15) is 39.2 Å². The summed E-state index contributed by atoms with van der Waals surface area (Å²) in [5.41, 5.74) is 12.5. The van der Waals surface area contributed by atoms with Gasteiger partial charge in [-0.2, -0.15) is 5.21 Å². The maximum absolute atomic E-state index is 12.0. The smallest absolute Gasteiger partial charge is 0.321 e. The minimum atomic E-state index is -0.830. The van der Waals surface area contributed by atoms with Crippen molar-refractivity contribution in [2.24, 2.45) is 11.0 Å². The van der Waals surface area contributed by atoms with E-state index in [1.807, 2.05) is 74.2 Å². The molecule has 2 atom stereocenters. The fourth-order valence-corrected chi connectivity index (χ4v) is 4.15. The third kappa shape index (κ3) is 6.40. The van der Waals surface area contributed by atoms with Crippen molar-refractivity contribution in [3.63, 3.8) is 0 Å². The van der Waals surface area contributed by atoms with E-state index in [0.29, 0.717) is 25.3 Å². The van der Waals surface area contributed by atoms with Crippen molar-refractivity contribution in [2.75, 3.05) is 6.54 Å². The minimum absolute atomic E-state index is 0.0480. The number of aromatic amines is 1. The summed E-state index contributed by atoms with van der Waals surface area (Å²) in [6.07, 6.45) is 1.45. The molecule has 10 heteroatoms. The van der Waals surface area contributed by atoms with Gasteiger partial charge >= 0.3 is 5.97 Å². The molecule has 1 unspecified atom stereocenters. The van der Waals surface area contributed by atoms with Gasteiger partial charge < -0.3 is 5.11 Å². The van der Waals surface area contributed by atoms with Gasteiger partial charge in [0.05, 0.1) is 0 Å². The summed E-state index contributed by atoms with van der Waals surface area (Å²) >= 11 is 0. The Hall–Kier alpha value is -3.75. The number of nitrogens with zero attached hydrogens (tertiary/aromatic N) is 7. The number of carboxylic acids is 1. The van der Waals surface area contributed by atoms with E-state index in [1.54, 1.807) is 0 Å². The number of nitrogens with one attached hydrogen (secondary N) is 1. The molecule has 3 aromatic rings. The number of aromatic nitrogens is 4. The van der Waals surface area contributed by atoms with Crippen LogP contribution in [0.2, 0.25) is 0 Å². The van der Waals surface area contributed by atoms with Crippen LogP contribution in [0.5, 0.6) is 0 Å². The van der Waals surface area contributed by atoms with E-state index in [1.165, 1.54) is 0 Å². The molecule has 2 N–H and O–H groups in total. The molecule has 0 saturated carbocycles. The van der Waals surface area contributed by atoms with E-state index in [4.69, 9.17) is 5.53 Å².